The molecule has 23 heavy (non-hydrogen) atoms. The third kappa shape index (κ3) is 2.61. The average molecular weight is 312 g/mol. The number of hydrogen-bond donors (Lipinski definition) is 0. The van der Waals surface area contributed by atoms with Crippen molar-refractivity contribution in [3.8, 4) is 17.0 Å². The Bertz CT molecular complexity index is 831. The van der Waals surface area contributed by atoms with Gasteiger partial charge in [0, 0.05) is 11.1 Å². The zero-order valence-corrected chi connectivity index (χ0v) is 13.1. The van der Waals surface area contributed by atoms with E-state index in [1.165, 1.54) is 0 Å². The molecule has 0 atom stereocenters. The Labute approximate surface area is 132 Å². The maximum atomic E-state index is 11.4. The van der Waals surface area contributed by atoms with Gasteiger partial charge in [-0.25, -0.2) is 4.68 Å². The van der Waals surface area contributed by atoms with Crippen molar-refractivity contribution >= 4 is 6.29 Å². The van der Waals surface area contributed by atoms with Crippen LogP contribution in [0.25, 0.3) is 11.3 Å². The number of carbonyl (C=O) groups excluding carboxylic acids is 1. The standard InChI is InChI=1S/C16H16N4O3/c1-10-13(11(2)23-18-10)8-20-16(14(9-21)17-19-20)12-6-4-5-7-15(12)22-3/h4-7,9H,8H2,1-3H3. The third-order valence-electron chi connectivity index (χ3n) is 3.72. The van der Waals surface area contributed by atoms with Crippen molar-refractivity contribution in [2.75, 3.05) is 7.11 Å². The van der Waals surface area contributed by atoms with E-state index in [1.807, 2.05) is 38.1 Å². The van der Waals surface area contributed by atoms with Crippen molar-refractivity contribution in [1.82, 2.24) is 20.2 Å². The molecular formula is C16H16N4O3. The van der Waals surface area contributed by atoms with Crippen molar-refractivity contribution in [2.24, 2.45) is 0 Å². The predicted octanol–water partition coefficient (Wildman–Crippen LogP) is 2.42. The number of benzene rings is 1. The maximum absolute atomic E-state index is 11.4. The highest BCUT2D eigenvalue weighted by Crippen LogP contribution is 2.31. The van der Waals surface area contributed by atoms with Crippen molar-refractivity contribution in [1.29, 1.82) is 0 Å². The molecule has 3 aromatic rings. The van der Waals surface area contributed by atoms with E-state index < -0.39 is 0 Å². The molecule has 3 rings (SSSR count). The van der Waals surface area contributed by atoms with Crippen LogP contribution >= 0.6 is 0 Å². The van der Waals surface area contributed by atoms with Crippen LogP contribution in [0.2, 0.25) is 0 Å². The first-order valence-electron chi connectivity index (χ1n) is 7.09. The molecule has 2 aromatic heterocycles. The van der Waals surface area contributed by atoms with Gasteiger partial charge in [0.15, 0.2) is 12.0 Å². The molecule has 0 saturated heterocycles. The molecule has 0 aliphatic heterocycles. The molecule has 7 heteroatoms. The number of ether oxygens (including phenoxy) is 1. The van der Waals surface area contributed by atoms with E-state index in [1.54, 1.807) is 11.8 Å². The number of aromatic nitrogens is 4. The van der Waals surface area contributed by atoms with Crippen molar-refractivity contribution in [2.45, 2.75) is 20.4 Å². The zero-order valence-electron chi connectivity index (χ0n) is 13.1. The molecule has 1 aromatic carbocycles. The van der Waals surface area contributed by atoms with Crippen molar-refractivity contribution in [3.05, 3.63) is 47.0 Å². The number of aryl methyl sites for hydroxylation is 2. The van der Waals surface area contributed by atoms with E-state index in [0.717, 1.165) is 22.6 Å². The molecule has 7 nitrogen and oxygen atoms in total. The molecule has 0 amide bonds. The first-order valence-corrected chi connectivity index (χ1v) is 7.09. The lowest BCUT2D eigenvalue weighted by Gasteiger charge is -2.10. The summed E-state index contributed by atoms with van der Waals surface area (Å²) in [6, 6.07) is 7.44. The summed E-state index contributed by atoms with van der Waals surface area (Å²) in [4.78, 5) is 11.4. The predicted molar refractivity (Wildman–Crippen MR) is 82.5 cm³/mol. The number of carbonyl (C=O) groups is 1. The van der Waals surface area contributed by atoms with Crippen LogP contribution in [0, 0.1) is 13.8 Å². The number of para-hydroxylation sites is 1. The number of hydrogen-bond acceptors (Lipinski definition) is 6. The second-order valence-electron chi connectivity index (χ2n) is 5.10. The second kappa shape index (κ2) is 6.04. The molecule has 118 valence electrons. The van der Waals surface area contributed by atoms with Gasteiger partial charge in [0.25, 0.3) is 0 Å². The van der Waals surface area contributed by atoms with Gasteiger partial charge in [-0.1, -0.05) is 22.5 Å². The van der Waals surface area contributed by atoms with Crippen molar-refractivity contribution in [3.63, 3.8) is 0 Å². The zero-order chi connectivity index (χ0) is 16.4. The lowest BCUT2D eigenvalue weighted by molar-refractivity contribution is 0.111. The quantitative estimate of drug-likeness (QED) is 0.673. The molecule has 0 radical (unpaired) electrons. The van der Waals surface area contributed by atoms with Gasteiger partial charge >= 0.3 is 0 Å². The van der Waals surface area contributed by atoms with Crippen LogP contribution in [0.4, 0.5) is 0 Å². The van der Waals surface area contributed by atoms with Crippen LogP contribution in [-0.4, -0.2) is 33.5 Å². The molecule has 0 saturated carbocycles. The number of methoxy groups -OCH3 is 1. The molecule has 0 N–H and O–H groups in total. The Balaban J connectivity index is 2.13. The monoisotopic (exact) mass is 312 g/mol. The molecule has 2 heterocycles. The molecule has 0 bridgehead atoms. The molecule has 0 aliphatic rings. The van der Waals surface area contributed by atoms with Gasteiger partial charge in [0.2, 0.25) is 0 Å². The summed E-state index contributed by atoms with van der Waals surface area (Å²) >= 11 is 0. The van der Waals surface area contributed by atoms with Gasteiger partial charge in [-0.2, -0.15) is 0 Å². The highest BCUT2D eigenvalue weighted by molar-refractivity contribution is 5.85. The summed E-state index contributed by atoms with van der Waals surface area (Å²) in [5.74, 6) is 1.37. The summed E-state index contributed by atoms with van der Waals surface area (Å²) in [6.45, 7) is 4.12. The minimum absolute atomic E-state index is 0.265. The van der Waals surface area contributed by atoms with Gasteiger partial charge in [0.05, 0.1) is 19.3 Å². The Morgan fingerprint density at radius 1 is 1.30 bits per heavy atom. The van der Waals surface area contributed by atoms with Crippen LogP contribution in [-0.2, 0) is 6.54 Å². The van der Waals surface area contributed by atoms with Crippen LogP contribution in [0.15, 0.2) is 28.8 Å². The largest absolute Gasteiger partial charge is 0.496 e. The lowest BCUT2D eigenvalue weighted by Crippen LogP contribution is -2.06. The van der Waals surface area contributed by atoms with Gasteiger partial charge < -0.3 is 9.26 Å². The van der Waals surface area contributed by atoms with Crippen LogP contribution in [0.5, 0.6) is 5.75 Å². The first-order chi connectivity index (χ1) is 11.2. The Hall–Kier alpha value is -2.96. The SMILES string of the molecule is COc1ccccc1-c1c(C=O)nnn1Cc1c(C)noc1C. The van der Waals surface area contributed by atoms with Crippen LogP contribution in [0.1, 0.15) is 27.5 Å². The summed E-state index contributed by atoms with van der Waals surface area (Å²) in [5, 5.41) is 12.0. The van der Waals surface area contributed by atoms with Crippen LogP contribution < -0.4 is 4.74 Å². The van der Waals surface area contributed by atoms with E-state index in [-0.39, 0.29) is 5.69 Å². The molecular weight excluding hydrogens is 296 g/mol. The number of nitrogens with zero attached hydrogens (tertiary/aromatic N) is 4. The summed E-state index contributed by atoms with van der Waals surface area (Å²) in [5.41, 5.74) is 3.34. The van der Waals surface area contributed by atoms with E-state index in [2.05, 4.69) is 15.5 Å². The Morgan fingerprint density at radius 2 is 2.09 bits per heavy atom. The lowest BCUT2D eigenvalue weighted by atomic mass is 10.1. The van der Waals surface area contributed by atoms with E-state index >= 15 is 0 Å². The maximum Gasteiger partial charge on any atom is 0.172 e. The number of aldehydes is 1. The summed E-state index contributed by atoms with van der Waals surface area (Å²) < 4.78 is 12.2. The van der Waals surface area contributed by atoms with Gasteiger partial charge in [0.1, 0.15) is 17.2 Å². The fourth-order valence-electron chi connectivity index (χ4n) is 2.51. The average Bonchev–Trinajstić information content (AvgIpc) is 3.12. The van der Waals surface area contributed by atoms with E-state index in [4.69, 9.17) is 9.26 Å². The van der Waals surface area contributed by atoms with Gasteiger partial charge in [-0.15, -0.1) is 5.10 Å². The molecule has 0 fully saturated rings. The minimum atomic E-state index is 0.265. The highest BCUT2D eigenvalue weighted by atomic mass is 16.5. The highest BCUT2D eigenvalue weighted by Gasteiger charge is 2.20. The topological polar surface area (TPSA) is 83.0 Å². The van der Waals surface area contributed by atoms with Gasteiger partial charge in [-0.05, 0) is 26.0 Å². The summed E-state index contributed by atoms with van der Waals surface area (Å²) in [7, 11) is 1.59. The first kappa shape index (κ1) is 15.0. The number of rotatable bonds is 5. The summed E-state index contributed by atoms with van der Waals surface area (Å²) in [6.07, 6.45) is 0.693. The van der Waals surface area contributed by atoms with E-state index in [9.17, 15) is 4.79 Å². The fourth-order valence-corrected chi connectivity index (χ4v) is 2.51. The van der Waals surface area contributed by atoms with E-state index in [0.29, 0.717) is 24.3 Å². The molecule has 0 aliphatic carbocycles. The fraction of sp³-hybridized carbons (Fsp3) is 0.250. The Morgan fingerprint density at radius 3 is 2.74 bits per heavy atom. The normalized spacial score (nSPS) is 10.7. The van der Waals surface area contributed by atoms with Crippen LogP contribution in [0.3, 0.4) is 0 Å². The third-order valence-corrected chi connectivity index (χ3v) is 3.72. The molecule has 0 spiro atoms. The van der Waals surface area contributed by atoms with Crippen molar-refractivity contribution < 1.29 is 14.1 Å². The Kier molecular flexibility index (Phi) is 3.92. The smallest absolute Gasteiger partial charge is 0.172 e. The minimum Gasteiger partial charge on any atom is -0.496 e. The van der Waals surface area contributed by atoms with Gasteiger partial charge in [-0.3, -0.25) is 4.79 Å². The second-order valence-corrected chi connectivity index (χ2v) is 5.10. The molecule has 0 unspecified atom stereocenters.